The first-order chi connectivity index (χ1) is 5.27. The minimum Gasteiger partial charge on any atom is -1.00 e. The fraction of sp³-hybridized carbons (Fsp3) is 0. The number of nitrogens with zero attached hydrogens (tertiary/aromatic N) is 3. The van der Waals surface area contributed by atoms with Gasteiger partial charge in [-0.2, -0.15) is 4.98 Å². The first-order valence-corrected chi connectivity index (χ1v) is 3.32. The largest absolute Gasteiger partial charge is 2.00 e. The average Bonchev–Trinajstić information content (AvgIpc) is 2.34. The van der Waals surface area contributed by atoms with Crippen molar-refractivity contribution < 1.29 is 87.5 Å². The second-order valence-electron chi connectivity index (χ2n) is 1.99. The molecule has 0 aromatic carbocycles. The third-order valence-electron chi connectivity index (χ3n) is 1.27. The van der Waals surface area contributed by atoms with Crippen LogP contribution in [0.2, 0.25) is 0 Å². The number of nitrogens with two attached hydrogens (primary N) is 1. The summed E-state index contributed by atoms with van der Waals surface area (Å²) in [6.45, 7) is 0. The van der Waals surface area contributed by atoms with Gasteiger partial charge in [0.2, 0.25) is 5.95 Å². The second kappa shape index (κ2) is 11.2. The molecule has 0 aliphatic rings. The molecule has 0 aliphatic carbocycles. The fourth-order valence-electron chi connectivity index (χ4n) is 0.823. The molecule has 0 saturated heterocycles. The average molecular weight is 557 g/mol. The number of hydrogen-bond acceptors (Lipinski definition) is 5. The van der Waals surface area contributed by atoms with Gasteiger partial charge in [-0.1, -0.05) is 5.03 Å². The minimum absolute atomic E-state index is 0. The SMILES string of the molecule is Nc1nc([S-])c2[nH]cnc2n1.[Cl-].[Cl-].[H+].[Pd+2].[Pd+2].[Pd+2]. The Morgan fingerprint density at radius 3 is 2.31 bits per heavy atom. The monoisotopic (exact) mass is 555 g/mol. The number of aromatic nitrogens is 4. The molecule has 16 heavy (non-hydrogen) atoms. The van der Waals surface area contributed by atoms with Gasteiger partial charge < -0.3 is 48.2 Å². The predicted molar refractivity (Wildman–Crippen MR) is 42.8 cm³/mol. The molecule has 3 N–H and O–H groups in total. The van der Waals surface area contributed by atoms with Crippen LogP contribution in [0.25, 0.3) is 11.2 Å². The number of anilines is 1. The maximum absolute atomic E-state index is 5.34. The van der Waals surface area contributed by atoms with E-state index >= 15 is 0 Å². The molecule has 2 rings (SSSR count). The smallest absolute Gasteiger partial charge is 1.00 e. The number of imidazole rings is 1. The molecule has 96 valence electrons. The summed E-state index contributed by atoms with van der Waals surface area (Å²) in [6.07, 6.45) is 1.51. The standard InChI is InChI=1S/C5H5N5S.2ClH.3Pd/c6-5-9-3-2(4(11)10-5)7-1-8-3;;;;;/h1H,(H4,6,7,8,9,10,11);2*1H;;;/q;;;3*+2/p-2. The molecule has 11 heteroatoms. The topological polar surface area (TPSA) is 80.5 Å². The Morgan fingerprint density at radius 1 is 1.19 bits per heavy atom. The van der Waals surface area contributed by atoms with Crippen LogP contribution in [0.15, 0.2) is 11.4 Å². The van der Waals surface area contributed by atoms with Crippen molar-refractivity contribution in [2.75, 3.05) is 5.73 Å². The molecular formula is C5H5Cl2N5Pd3S+4. The van der Waals surface area contributed by atoms with Crippen molar-refractivity contribution >= 4 is 29.7 Å². The van der Waals surface area contributed by atoms with Crippen molar-refractivity contribution in [1.29, 1.82) is 0 Å². The van der Waals surface area contributed by atoms with Crippen LogP contribution < -0.4 is 30.5 Å². The Balaban J connectivity index is -0.0000000800. The summed E-state index contributed by atoms with van der Waals surface area (Å²) < 4.78 is 0. The van der Waals surface area contributed by atoms with E-state index in [-0.39, 0.29) is 93.5 Å². The molecule has 0 aliphatic heterocycles. The molecule has 0 bridgehead atoms. The van der Waals surface area contributed by atoms with Crippen LogP contribution in [0.4, 0.5) is 5.95 Å². The van der Waals surface area contributed by atoms with Gasteiger partial charge in [-0.3, -0.25) is 0 Å². The molecule has 0 amide bonds. The van der Waals surface area contributed by atoms with Gasteiger partial charge in [0.25, 0.3) is 0 Å². The van der Waals surface area contributed by atoms with E-state index in [1.807, 2.05) is 0 Å². The van der Waals surface area contributed by atoms with E-state index in [1.165, 1.54) is 6.33 Å². The number of H-pyrrole nitrogens is 1. The Kier molecular flexibility index (Phi) is 18.2. The molecule has 0 unspecified atom stereocenters. The molecule has 2 heterocycles. The molecule has 0 fully saturated rings. The molecule has 5 nitrogen and oxygen atoms in total. The number of nitrogens with one attached hydrogen (secondary N) is 1. The number of hydrogen-bond donors (Lipinski definition) is 2. The number of halogens is 2. The molecule has 0 spiro atoms. The summed E-state index contributed by atoms with van der Waals surface area (Å²) in [5, 5.41) is 0.407. The van der Waals surface area contributed by atoms with Crippen molar-refractivity contribution in [3.8, 4) is 0 Å². The van der Waals surface area contributed by atoms with Crippen molar-refractivity contribution in [2.24, 2.45) is 0 Å². The maximum atomic E-state index is 5.34. The molecule has 0 atom stereocenters. The third-order valence-corrected chi connectivity index (χ3v) is 1.57. The first-order valence-electron chi connectivity index (χ1n) is 2.91. The van der Waals surface area contributed by atoms with E-state index in [9.17, 15) is 0 Å². The fourth-order valence-corrected chi connectivity index (χ4v) is 1.07. The first kappa shape index (κ1) is 25.9. The van der Waals surface area contributed by atoms with Gasteiger partial charge in [-0.25, -0.2) is 9.97 Å². The van der Waals surface area contributed by atoms with E-state index in [0.717, 1.165) is 0 Å². The number of rotatable bonds is 0. The van der Waals surface area contributed by atoms with Crippen LogP contribution in [0.5, 0.6) is 0 Å². The normalized spacial score (nSPS) is 7.25. The quantitative estimate of drug-likeness (QED) is 0.192. The summed E-state index contributed by atoms with van der Waals surface area (Å²) >= 11 is 4.89. The van der Waals surface area contributed by atoms with Crippen LogP contribution in [-0.4, -0.2) is 19.9 Å². The van der Waals surface area contributed by atoms with Crippen LogP contribution in [0, 0.1) is 0 Å². The van der Waals surface area contributed by atoms with Crippen molar-refractivity contribution in [3.63, 3.8) is 0 Å². The van der Waals surface area contributed by atoms with Gasteiger partial charge in [0.1, 0.15) is 0 Å². The Bertz CT molecular complexity index is 419. The summed E-state index contributed by atoms with van der Waals surface area (Å²) in [7, 11) is 0. The number of nitrogen functional groups attached to an aromatic ring is 1. The zero-order valence-corrected chi connectivity index (χ0v) is 14.1. The molecule has 0 saturated carbocycles. The summed E-state index contributed by atoms with van der Waals surface area (Å²) in [6, 6.07) is 0. The second-order valence-corrected chi connectivity index (χ2v) is 2.37. The van der Waals surface area contributed by atoms with Gasteiger partial charge in [0.05, 0.1) is 11.8 Å². The van der Waals surface area contributed by atoms with Crippen LogP contribution in [0.1, 0.15) is 1.43 Å². The zero-order chi connectivity index (χ0) is 7.84. The summed E-state index contributed by atoms with van der Waals surface area (Å²) in [5.74, 6) is 0.162. The van der Waals surface area contributed by atoms with E-state index < -0.39 is 0 Å². The van der Waals surface area contributed by atoms with Crippen molar-refractivity contribution in [2.45, 2.75) is 5.03 Å². The molecule has 0 radical (unpaired) electrons. The molecular weight excluding hydrogens is 552 g/mol. The van der Waals surface area contributed by atoms with Gasteiger partial charge in [0.15, 0.2) is 5.65 Å². The van der Waals surface area contributed by atoms with E-state index in [1.54, 1.807) is 0 Å². The predicted octanol–water partition coefficient (Wildman–Crippen LogP) is -6.05. The van der Waals surface area contributed by atoms with E-state index in [2.05, 4.69) is 19.9 Å². The number of aromatic amines is 1. The summed E-state index contributed by atoms with van der Waals surface area (Å²) in [4.78, 5) is 14.3. The molecule has 2 aromatic rings. The van der Waals surface area contributed by atoms with Crippen molar-refractivity contribution in [3.05, 3.63) is 6.33 Å². The van der Waals surface area contributed by atoms with Crippen LogP contribution in [-0.2, 0) is 73.9 Å². The zero-order valence-electron chi connectivity index (χ0n) is 8.11. The Labute approximate surface area is 153 Å². The van der Waals surface area contributed by atoms with Gasteiger partial charge in [-0.05, 0) is 0 Å². The Morgan fingerprint density at radius 2 is 1.75 bits per heavy atom. The van der Waals surface area contributed by atoms with Gasteiger partial charge in [-0.15, -0.1) is 0 Å². The van der Waals surface area contributed by atoms with Gasteiger partial charge in [0, 0.05) is 0 Å². The Hall–Kier alpha value is 1.14. The minimum atomic E-state index is 0. The third kappa shape index (κ3) is 5.65. The van der Waals surface area contributed by atoms with Crippen LogP contribution >= 0.6 is 0 Å². The van der Waals surface area contributed by atoms with E-state index in [4.69, 9.17) is 18.4 Å². The van der Waals surface area contributed by atoms with Gasteiger partial charge >= 0.3 is 62.7 Å². The van der Waals surface area contributed by atoms with Crippen molar-refractivity contribution in [1.82, 2.24) is 19.9 Å². The molecule has 2 aromatic heterocycles. The summed E-state index contributed by atoms with van der Waals surface area (Å²) in [5.41, 5.74) is 6.52. The maximum Gasteiger partial charge on any atom is 2.00 e. The van der Waals surface area contributed by atoms with Crippen LogP contribution in [0.3, 0.4) is 0 Å². The number of fused-ring (bicyclic) bond motifs is 1. The van der Waals surface area contributed by atoms with E-state index in [0.29, 0.717) is 16.2 Å².